The Morgan fingerprint density at radius 3 is 2.07 bits per heavy atom. The lowest BCUT2D eigenvalue weighted by atomic mass is 10.1. The number of hydrogen-bond acceptors (Lipinski definition) is 1. The first-order valence-corrected chi connectivity index (χ1v) is 5.72. The molecule has 0 spiro atoms. The molecular formula is C14H21N. The van der Waals surface area contributed by atoms with Gasteiger partial charge >= 0.3 is 0 Å². The Bertz CT molecular complexity index is 230. The smallest absolute Gasteiger partial charge is 0.0908 e. The van der Waals surface area contributed by atoms with Crippen molar-refractivity contribution >= 4 is 0 Å². The summed E-state index contributed by atoms with van der Waals surface area (Å²) in [6.07, 6.45) is 18.1. The van der Waals surface area contributed by atoms with E-state index < -0.39 is 0 Å². The molecule has 0 N–H and O–H groups in total. The highest BCUT2D eigenvalue weighted by Crippen LogP contribution is 2.03. The van der Waals surface area contributed by atoms with E-state index in [1.54, 1.807) is 6.08 Å². The van der Waals surface area contributed by atoms with E-state index >= 15 is 0 Å². The van der Waals surface area contributed by atoms with Crippen LogP contribution in [0.15, 0.2) is 37.0 Å². The number of hydrogen-bond donors (Lipinski definition) is 0. The van der Waals surface area contributed by atoms with Crippen molar-refractivity contribution in [2.45, 2.75) is 44.9 Å². The van der Waals surface area contributed by atoms with Crippen LogP contribution in [0.25, 0.3) is 0 Å². The fourth-order valence-electron chi connectivity index (χ4n) is 1.28. The van der Waals surface area contributed by atoms with Crippen LogP contribution < -0.4 is 0 Å². The van der Waals surface area contributed by atoms with E-state index in [0.29, 0.717) is 0 Å². The minimum atomic E-state index is 1.03. The molecule has 0 aliphatic heterocycles. The molecule has 0 aliphatic carbocycles. The van der Waals surface area contributed by atoms with Gasteiger partial charge in [-0.15, -0.1) is 6.58 Å². The monoisotopic (exact) mass is 203 g/mol. The zero-order valence-corrected chi connectivity index (χ0v) is 9.49. The van der Waals surface area contributed by atoms with Crippen molar-refractivity contribution in [1.29, 1.82) is 5.26 Å². The Hall–Kier alpha value is -1.29. The summed E-state index contributed by atoms with van der Waals surface area (Å²) < 4.78 is 0. The van der Waals surface area contributed by atoms with Gasteiger partial charge in [-0.1, -0.05) is 24.3 Å². The summed E-state index contributed by atoms with van der Waals surface area (Å²) >= 11 is 0. The third kappa shape index (κ3) is 12.7. The van der Waals surface area contributed by atoms with E-state index in [1.807, 2.05) is 18.2 Å². The fraction of sp³-hybridized carbons (Fsp3) is 0.500. The summed E-state index contributed by atoms with van der Waals surface area (Å²) in [6, 6.07) is 2.00. The first-order valence-electron chi connectivity index (χ1n) is 5.72. The van der Waals surface area contributed by atoms with Gasteiger partial charge in [0.1, 0.15) is 0 Å². The molecule has 15 heavy (non-hydrogen) atoms. The molecular weight excluding hydrogens is 182 g/mol. The summed E-state index contributed by atoms with van der Waals surface area (Å²) in [5, 5.41) is 8.25. The predicted molar refractivity (Wildman–Crippen MR) is 66.4 cm³/mol. The van der Waals surface area contributed by atoms with Gasteiger partial charge < -0.3 is 0 Å². The second-order valence-corrected chi connectivity index (χ2v) is 3.51. The van der Waals surface area contributed by atoms with E-state index in [0.717, 1.165) is 19.3 Å². The van der Waals surface area contributed by atoms with E-state index in [1.165, 1.54) is 25.7 Å². The highest BCUT2D eigenvalue weighted by molar-refractivity contribution is 5.01. The lowest BCUT2D eigenvalue weighted by Crippen LogP contribution is -1.73. The number of nitrogens with zero attached hydrogens (tertiary/aromatic N) is 1. The summed E-state index contributed by atoms with van der Waals surface area (Å²) in [4.78, 5) is 0. The van der Waals surface area contributed by atoms with Crippen LogP contribution in [-0.4, -0.2) is 0 Å². The second-order valence-electron chi connectivity index (χ2n) is 3.51. The quantitative estimate of drug-likeness (QED) is 0.306. The van der Waals surface area contributed by atoms with Crippen molar-refractivity contribution in [3.05, 3.63) is 37.0 Å². The van der Waals surface area contributed by atoms with Crippen LogP contribution in [0.2, 0.25) is 0 Å². The number of unbranched alkanes of at least 4 members (excludes halogenated alkanes) is 5. The van der Waals surface area contributed by atoms with Crippen LogP contribution in [-0.2, 0) is 0 Å². The van der Waals surface area contributed by atoms with Crippen molar-refractivity contribution in [2.24, 2.45) is 0 Å². The fourth-order valence-corrected chi connectivity index (χ4v) is 1.28. The van der Waals surface area contributed by atoms with Gasteiger partial charge in [-0.25, -0.2) is 0 Å². The minimum absolute atomic E-state index is 1.03. The van der Waals surface area contributed by atoms with Gasteiger partial charge in [-0.05, 0) is 44.9 Å². The highest BCUT2D eigenvalue weighted by atomic mass is 14.2. The number of rotatable bonds is 9. The number of nitriles is 1. The lowest BCUT2D eigenvalue weighted by Gasteiger charge is -1.93. The molecule has 0 fully saturated rings. The summed E-state index contributed by atoms with van der Waals surface area (Å²) in [5.74, 6) is 0. The van der Waals surface area contributed by atoms with Gasteiger partial charge in [0.15, 0.2) is 0 Å². The van der Waals surface area contributed by atoms with E-state index in [4.69, 9.17) is 5.26 Å². The maximum atomic E-state index is 8.25. The molecule has 0 aromatic carbocycles. The van der Waals surface area contributed by atoms with Crippen molar-refractivity contribution < 1.29 is 0 Å². The lowest BCUT2D eigenvalue weighted by molar-refractivity contribution is 0.758. The second kappa shape index (κ2) is 12.7. The van der Waals surface area contributed by atoms with Crippen LogP contribution in [0.1, 0.15) is 44.9 Å². The molecule has 82 valence electrons. The first kappa shape index (κ1) is 13.7. The van der Waals surface area contributed by atoms with Gasteiger partial charge in [0.2, 0.25) is 0 Å². The molecule has 0 atom stereocenters. The van der Waals surface area contributed by atoms with E-state index in [9.17, 15) is 0 Å². The van der Waals surface area contributed by atoms with Gasteiger partial charge in [0.05, 0.1) is 6.07 Å². The molecule has 0 aromatic heterocycles. The molecule has 1 heteroatoms. The van der Waals surface area contributed by atoms with Crippen molar-refractivity contribution in [3.8, 4) is 6.07 Å². The molecule has 0 rings (SSSR count). The maximum absolute atomic E-state index is 8.25. The van der Waals surface area contributed by atoms with Crippen LogP contribution in [0.3, 0.4) is 0 Å². The topological polar surface area (TPSA) is 23.8 Å². The Kier molecular flexibility index (Phi) is 11.6. The van der Waals surface area contributed by atoms with Gasteiger partial charge in [-0.3, -0.25) is 0 Å². The Balaban J connectivity index is 3.13. The third-order valence-corrected chi connectivity index (χ3v) is 2.13. The van der Waals surface area contributed by atoms with Crippen molar-refractivity contribution in [1.82, 2.24) is 0 Å². The summed E-state index contributed by atoms with van der Waals surface area (Å²) in [7, 11) is 0. The Labute approximate surface area is 93.8 Å². The average Bonchev–Trinajstić information content (AvgIpc) is 2.26. The first-order chi connectivity index (χ1) is 7.41. The zero-order chi connectivity index (χ0) is 11.2. The Morgan fingerprint density at radius 2 is 1.47 bits per heavy atom. The normalized spacial score (nSPS) is 10.9. The minimum Gasteiger partial charge on any atom is -0.193 e. The van der Waals surface area contributed by atoms with Gasteiger partial charge in [0, 0.05) is 6.08 Å². The van der Waals surface area contributed by atoms with E-state index in [-0.39, 0.29) is 0 Å². The van der Waals surface area contributed by atoms with Crippen molar-refractivity contribution in [3.63, 3.8) is 0 Å². The van der Waals surface area contributed by atoms with Crippen LogP contribution in [0.5, 0.6) is 0 Å². The predicted octanol–water partition coefficient (Wildman–Crippen LogP) is 4.54. The van der Waals surface area contributed by atoms with Gasteiger partial charge in [0.25, 0.3) is 0 Å². The van der Waals surface area contributed by atoms with Crippen molar-refractivity contribution in [2.75, 3.05) is 0 Å². The van der Waals surface area contributed by atoms with Crippen LogP contribution in [0.4, 0.5) is 0 Å². The molecule has 0 unspecified atom stereocenters. The molecule has 0 heterocycles. The molecule has 0 saturated heterocycles. The molecule has 1 nitrogen and oxygen atoms in total. The molecule has 0 saturated carbocycles. The highest BCUT2D eigenvalue weighted by Gasteiger charge is 1.84. The van der Waals surface area contributed by atoms with Gasteiger partial charge in [-0.2, -0.15) is 5.26 Å². The molecule has 0 bridgehead atoms. The largest absolute Gasteiger partial charge is 0.193 e. The number of allylic oxidation sites excluding steroid dienone is 5. The van der Waals surface area contributed by atoms with Crippen LogP contribution in [0, 0.1) is 11.3 Å². The van der Waals surface area contributed by atoms with E-state index in [2.05, 4.69) is 18.7 Å². The molecule has 0 radical (unpaired) electrons. The van der Waals surface area contributed by atoms with Crippen LogP contribution >= 0.6 is 0 Å². The third-order valence-electron chi connectivity index (χ3n) is 2.13. The molecule has 0 aliphatic rings. The summed E-state index contributed by atoms with van der Waals surface area (Å²) in [6.45, 7) is 3.69. The SMILES string of the molecule is C=CCCC/C=C/CCCC/C=C/C#N. The maximum Gasteiger partial charge on any atom is 0.0908 e. The summed E-state index contributed by atoms with van der Waals surface area (Å²) in [5.41, 5.74) is 0. The standard InChI is InChI=1S/C14H21N/c1-2-3-4-5-6-7-8-9-10-11-12-13-14-15/h2,6-7,12-13H,1,3-5,8-11H2/b7-6+,13-12+. The average molecular weight is 203 g/mol. The molecule has 0 aromatic rings. The Morgan fingerprint density at radius 1 is 0.867 bits per heavy atom. The molecule has 0 amide bonds. The zero-order valence-electron chi connectivity index (χ0n) is 9.49.